The predicted molar refractivity (Wildman–Crippen MR) is 69.6 cm³/mol. The predicted octanol–water partition coefficient (Wildman–Crippen LogP) is -0.233. The van der Waals surface area contributed by atoms with Gasteiger partial charge < -0.3 is 20.7 Å². The number of rotatable bonds is 8. The SMILES string of the molecule is CCNCC(C)C(=O)N[C@@H](Cc1cnc[nH]1)C(=O)O. The number of aromatic amines is 1. The first-order chi connectivity index (χ1) is 9.04. The van der Waals surface area contributed by atoms with Gasteiger partial charge in [-0.3, -0.25) is 4.79 Å². The normalized spacial score (nSPS) is 13.8. The lowest BCUT2D eigenvalue weighted by Gasteiger charge is -2.17. The summed E-state index contributed by atoms with van der Waals surface area (Å²) in [5, 5.41) is 14.7. The first-order valence-corrected chi connectivity index (χ1v) is 6.25. The van der Waals surface area contributed by atoms with Crippen molar-refractivity contribution >= 4 is 11.9 Å². The molecule has 0 bridgehead atoms. The Bertz CT molecular complexity index is 405. The summed E-state index contributed by atoms with van der Waals surface area (Å²) in [6, 6.07) is -0.947. The van der Waals surface area contributed by atoms with E-state index in [0.29, 0.717) is 12.2 Å². The second kappa shape index (κ2) is 7.52. The van der Waals surface area contributed by atoms with Crippen LogP contribution in [0.2, 0.25) is 0 Å². The molecule has 7 heteroatoms. The van der Waals surface area contributed by atoms with E-state index < -0.39 is 12.0 Å². The fourth-order valence-corrected chi connectivity index (χ4v) is 1.58. The minimum Gasteiger partial charge on any atom is -0.480 e. The first kappa shape index (κ1) is 15.2. The van der Waals surface area contributed by atoms with Gasteiger partial charge in [-0.25, -0.2) is 9.78 Å². The molecular formula is C12H20N4O3. The average molecular weight is 268 g/mol. The maximum atomic E-state index is 11.9. The monoisotopic (exact) mass is 268 g/mol. The van der Waals surface area contributed by atoms with E-state index in [4.69, 9.17) is 5.11 Å². The van der Waals surface area contributed by atoms with Crippen molar-refractivity contribution in [2.45, 2.75) is 26.3 Å². The topological polar surface area (TPSA) is 107 Å². The minimum absolute atomic E-state index is 0.189. The Morgan fingerprint density at radius 1 is 1.53 bits per heavy atom. The molecule has 0 aliphatic carbocycles. The zero-order valence-electron chi connectivity index (χ0n) is 11.1. The molecule has 7 nitrogen and oxygen atoms in total. The number of carboxylic acids is 1. The maximum absolute atomic E-state index is 11.9. The lowest BCUT2D eigenvalue weighted by molar-refractivity contribution is -0.142. The van der Waals surface area contributed by atoms with Gasteiger partial charge in [-0.15, -0.1) is 0 Å². The molecule has 1 aromatic rings. The molecule has 1 heterocycles. The summed E-state index contributed by atoms with van der Waals surface area (Å²) in [6.45, 7) is 5.00. The third-order valence-electron chi connectivity index (χ3n) is 2.74. The third-order valence-corrected chi connectivity index (χ3v) is 2.74. The zero-order chi connectivity index (χ0) is 14.3. The molecule has 19 heavy (non-hydrogen) atoms. The largest absolute Gasteiger partial charge is 0.480 e. The summed E-state index contributed by atoms with van der Waals surface area (Å²) in [7, 11) is 0. The van der Waals surface area contributed by atoms with Crippen molar-refractivity contribution in [1.29, 1.82) is 0 Å². The Kier molecular flexibility index (Phi) is 6.01. The standard InChI is InChI=1S/C12H20N4O3/c1-3-13-5-8(2)11(17)16-10(12(18)19)4-9-6-14-7-15-9/h6-8,10,13H,3-5H2,1-2H3,(H,14,15)(H,16,17)(H,18,19)/t8?,10-/m0/s1. The highest BCUT2D eigenvalue weighted by molar-refractivity contribution is 5.85. The fourth-order valence-electron chi connectivity index (χ4n) is 1.58. The van der Waals surface area contributed by atoms with Gasteiger partial charge in [-0.1, -0.05) is 13.8 Å². The van der Waals surface area contributed by atoms with Crippen LogP contribution in [-0.4, -0.2) is 46.1 Å². The van der Waals surface area contributed by atoms with Crippen molar-refractivity contribution in [2.24, 2.45) is 5.92 Å². The molecule has 0 fully saturated rings. The summed E-state index contributed by atoms with van der Waals surface area (Å²) >= 11 is 0. The van der Waals surface area contributed by atoms with Crippen LogP contribution < -0.4 is 10.6 Å². The van der Waals surface area contributed by atoms with Crippen LogP contribution in [0.1, 0.15) is 19.5 Å². The third kappa shape index (κ3) is 5.09. The molecule has 1 unspecified atom stereocenters. The Morgan fingerprint density at radius 2 is 2.26 bits per heavy atom. The molecule has 1 amide bonds. The molecule has 1 aromatic heterocycles. The molecule has 0 spiro atoms. The first-order valence-electron chi connectivity index (χ1n) is 6.25. The number of aromatic nitrogens is 2. The number of carbonyl (C=O) groups is 2. The highest BCUT2D eigenvalue weighted by Crippen LogP contribution is 2.01. The van der Waals surface area contributed by atoms with Gasteiger partial charge >= 0.3 is 5.97 Å². The van der Waals surface area contributed by atoms with E-state index in [1.807, 2.05) is 6.92 Å². The Balaban J connectivity index is 2.53. The fraction of sp³-hybridized carbons (Fsp3) is 0.583. The quantitative estimate of drug-likeness (QED) is 0.521. The van der Waals surface area contributed by atoms with Gasteiger partial charge in [0, 0.05) is 30.8 Å². The van der Waals surface area contributed by atoms with Crippen LogP contribution in [0, 0.1) is 5.92 Å². The summed E-state index contributed by atoms with van der Waals surface area (Å²) in [5.41, 5.74) is 0.673. The van der Waals surface area contributed by atoms with Crippen LogP contribution >= 0.6 is 0 Å². The molecular weight excluding hydrogens is 248 g/mol. The Hall–Kier alpha value is -1.89. The van der Waals surface area contributed by atoms with E-state index in [-0.39, 0.29) is 18.2 Å². The summed E-state index contributed by atoms with van der Waals surface area (Å²) in [5.74, 6) is -1.60. The summed E-state index contributed by atoms with van der Waals surface area (Å²) in [4.78, 5) is 29.6. The second-order valence-corrected chi connectivity index (χ2v) is 4.39. The minimum atomic E-state index is -1.06. The molecule has 4 N–H and O–H groups in total. The number of H-pyrrole nitrogens is 1. The number of carboxylic acid groups (broad SMARTS) is 1. The number of nitrogens with one attached hydrogen (secondary N) is 3. The maximum Gasteiger partial charge on any atom is 0.326 e. The molecule has 0 saturated heterocycles. The van der Waals surface area contributed by atoms with Crippen molar-refractivity contribution in [3.8, 4) is 0 Å². The van der Waals surface area contributed by atoms with Crippen LogP contribution in [-0.2, 0) is 16.0 Å². The molecule has 1 rings (SSSR count). The summed E-state index contributed by atoms with van der Waals surface area (Å²) in [6.07, 6.45) is 3.21. The van der Waals surface area contributed by atoms with Crippen LogP contribution in [0.5, 0.6) is 0 Å². The number of aliphatic carboxylic acids is 1. The number of imidazole rings is 1. The lowest BCUT2D eigenvalue weighted by Crippen LogP contribution is -2.46. The Labute approximate surface area is 111 Å². The molecule has 2 atom stereocenters. The highest BCUT2D eigenvalue weighted by atomic mass is 16.4. The van der Waals surface area contributed by atoms with Gasteiger partial charge in [0.15, 0.2) is 0 Å². The van der Waals surface area contributed by atoms with Gasteiger partial charge in [0.05, 0.1) is 6.33 Å². The lowest BCUT2D eigenvalue weighted by atomic mass is 10.1. The number of hydrogen-bond donors (Lipinski definition) is 4. The zero-order valence-corrected chi connectivity index (χ0v) is 11.1. The van der Waals surface area contributed by atoms with Crippen molar-refractivity contribution in [1.82, 2.24) is 20.6 Å². The van der Waals surface area contributed by atoms with Gasteiger partial charge in [0.25, 0.3) is 0 Å². The van der Waals surface area contributed by atoms with E-state index in [9.17, 15) is 9.59 Å². The van der Waals surface area contributed by atoms with Crippen LogP contribution in [0.4, 0.5) is 0 Å². The van der Waals surface area contributed by atoms with Crippen molar-refractivity contribution < 1.29 is 14.7 Å². The van der Waals surface area contributed by atoms with Crippen LogP contribution in [0.15, 0.2) is 12.5 Å². The molecule has 0 aromatic carbocycles. The molecule has 0 saturated carbocycles. The van der Waals surface area contributed by atoms with E-state index in [0.717, 1.165) is 6.54 Å². The van der Waals surface area contributed by atoms with Gasteiger partial charge in [-0.2, -0.15) is 0 Å². The van der Waals surface area contributed by atoms with E-state index in [1.165, 1.54) is 6.33 Å². The molecule has 106 valence electrons. The number of carbonyl (C=O) groups excluding carboxylic acids is 1. The van der Waals surface area contributed by atoms with Gasteiger partial charge in [-0.05, 0) is 6.54 Å². The molecule has 0 radical (unpaired) electrons. The molecule has 0 aliphatic rings. The average Bonchev–Trinajstić information content (AvgIpc) is 2.87. The van der Waals surface area contributed by atoms with E-state index >= 15 is 0 Å². The number of amides is 1. The van der Waals surface area contributed by atoms with Crippen molar-refractivity contribution in [3.63, 3.8) is 0 Å². The van der Waals surface area contributed by atoms with Gasteiger partial charge in [0.2, 0.25) is 5.91 Å². The Morgan fingerprint density at radius 3 is 2.79 bits per heavy atom. The van der Waals surface area contributed by atoms with E-state index in [1.54, 1.807) is 13.1 Å². The van der Waals surface area contributed by atoms with Crippen molar-refractivity contribution in [3.05, 3.63) is 18.2 Å². The van der Waals surface area contributed by atoms with E-state index in [2.05, 4.69) is 20.6 Å². The number of nitrogens with zero attached hydrogens (tertiary/aromatic N) is 1. The smallest absolute Gasteiger partial charge is 0.326 e. The second-order valence-electron chi connectivity index (χ2n) is 4.39. The van der Waals surface area contributed by atoms with Crippen molar-refractivity contribution in [2.75, 3.05) is 13.1 Å². The van der Waals surface area contributed by atoms with Crippen LogP contribution in [0.3, 0.4) is 0 Å². The van der Waals surface area contributed by atoms with Crippen LogP contribution in [0.25, 0.3) is 0 Å². The summed E-state index contributed by atoms with van der Waals surface area (Å²) < 4.78 is 0. The highest BCUT2D eigenvalue weighted by Gasteiger charge is 2.23. The number of hydrogen-bond acceptors (Lipinski definition) is 4. The molecule has 0 aliphatic heterocycles. The van der Waals surface area contributed by atoms with Gasteiger partial charge in [0.1, 0.15) is 6.04 Å².